The first-order valence-corrected chi connectivity index (χ1v) is 5.56. The van der Waals surface area contributed by atoms with E-state index in [0.29, 0.717) is 18.7 Å². The first kappa shape index (κ1) is 13.3. The van der Waals surface area contributed by atoms with Crippen LogP contribution in [0.2, 0.25) is 0 Å². The Morgan fingerprint density at radius 1 is 1.29 bits per heavy atom. The number of nitrogens with zero attached hydrogens (tertiary/aromatic N) is 1. The minimum absolute atomic E-state index is 0.0722. The van der Waals surface area contributed by atoms with Crippen LogP contribution in [0.1, 0.15) is 10.4 Å². The molecule has 4 nitrogen and oxygen atoms in total. The molecule has 0 aliphatic heterocycles. The van der Waals surface area contributed by atoms with E-state index >= 15 is 0 Å². The summed E-state index contributed by atoms with van der Waals surface area (Å²) in [4.78, 5) is 13.7. The summed E-state index contributed by atoms with van der Waals surface area (Å²) in [5.41, 5.74) is 7.03. The number of anilines is 1. The zero-order chi connectivity index (χ0) is 12.7. The van der Waals surface area contributed by atoms with E-state index in [0.717, 1.165) is 5.69 Å². The van der Waals surface area contributed by atoms with E-state index in [1.165, 1.54) is 0 Å². The lowest BCUT2D eigenvalue weighted by atomic mass is 10.2. The van der Waals surface area contributed by atoms with Gasteiger partial charge < -0.3 is 16.0 Å². The molecule has 0 saturated heterocycles. The second-order valence-corrected chi connectivity index (χ2v) is 3.86. The molecular formula is C13H19N3O. The Balaban J connectivity index is 2.55. The van der Waals surface area contributed by atoms with Gasteiger partial charge in [0.15, 0.2) is 0 Å². The topological polar surface area (TPSA) is 58.4 Å². The summed E-state index contributed by atoms with van der Waals surface area (Å²) < 4.78 is 0. The average molecular weight is 233 g/mol. The molecule has 3 N–H and O–H groups in total. The van der Waals surface area contributed by atoms with Gasteiger partial charge in [0.25, 0.3) is 5.91 Å². The van der Waals surface area contributed by atoms with Gasteiger partial charge in [0, 0.05) is 38.4 Å². The molecule has 0 heterocycles. The molecule has 4 heteroatoms. The van der Waals surface area contributed by atoms with E-state index in [-0.39, 0.29) is 5.91 Å². The third-order valence-electron chi connectivity index (χ3n) is 2.33. The molecule has 0 aliphatic carbocycles. The number of hydrogen-bond acceptors (Lipinski definition) is 3. The monoisotopic (exact) mass is 233 g/mol. The van der Waals surface area contributed by atoms with Crippen molar-refractivity contribution in [1.29, 1.82) is 0 Å². The summed E-state index contributed by atoms with van der Waals surface area (Å²) in [5.74, 6) is -0.0722. The predicted octanol–water partition coefficient (Wildman–Crippen LogP) is 0.997. The van der Waals surface area contributed by atoms with Gasteiger partial charge in [-0.15, -0.1) is 0 Å². The van der Waals surface area contributed by atoms with Crippen LogP contribution in [-0.4, -0.2) is 33.1 Å². The number of rotatable bonds is 5. The van der Waals surface area contributed by atoms with Crippen molar-refractivity contribution in [2.24, 2.45) is 5.73 Å². The smallest absolute Gasteiger partial charge is 0.251 e. The van der Waals surface area contributed by atoms with Crippen LogP contribution in [-0.2, 0) is 0 Å². The fraction of sp³-hybridized carbons (Fsp3) is 0.308. The van der Waals surface area contributed by atoms with Gasteiger partial charge in [-0.05, 0) is 24.3 Å². The normalized spacial score (nSPS) is 10.5. The van der Waals surface area contributed by atoms with E-state index in [9.17, 15) is 4.79 Å². The summed E-state index contributed by atoms with van der Waals surface area (Å²) in [6, 6.07) is 7.48. The number of nitrogens with two attached hydrogens (primary N) is 1. The average Bonchev–Trinajstić information content (AvgIpc) is 2.34. The molecule has 0 atom stereocenters. The van der Waals surface area contributed by atoms with E-state index in [2.05, 4.69) is 5.32 Å². The van der Waals surface area contributed by atoms with Crippen molar-refractivity contribution in [2.75, 3.05) is 32.1 Å². The predicted molar refractivity (Wildman–Crippen MR) is 71.3 cm³/mol. The zero-order valence-corrected chi connectivity index (χ0v) is 10.3. The van der Waals surface area contributed by atoms with E-state index in [4.69, 9.17) is 5.73 Å². The van der Waals surface area contributed by atoms with Crippen molar-refractivity contribution in [3.8, 4) is 0 Å². The van der Waals surface area contributed by atoms with Gasteiger partial charge in [0.2, 0.25) is 0 Å². The van der Waals surface area contributed by atoms with Crippen molar-refractivity contribution in [3.63, 3.8) is 0 Å². The minimum Gasteiger partial charge on any atom is -0.378 e. The molecule has 0 saturated carbocycles. The minimum atomic E-state index is -0.0722. The summed E-state index contributed by atoms with van der Waals surface area (Å²) in [7, 11) is 3.93. The van der Waals surface area contributed by atoms with Gasteiger partial charge in [-0.25, -0.2) is 0 Å². The van der Waals surface area contributed by atoms with Crippen molar-refractivity contribution in [3.05, 3.63) is 42.0 Å². The van der Waals surface area contributed by atoms with E-state index in [1.807, 2.05) is 55.4 Å². The van der Waals surface area contributed by atoms with Crippen molar-refractivity contribution in [1.82, 2.24) is 5.32 Å². The molecule has 0 aromatic heterocycles. The van der Waals surface area contributed by atoms with Crippen LogP contribution in [0.25, 0.3) is 0 Å². The van der Waals surface area contributed by atoms with E-state index < -0.39 is 0 Å². The first-order chi connectivity index (χ1) is 8.15. The maximum atomic E-state index is 11.7. The number of benzene rings is 1. The Hall–Kier alpha value is -1.81. The molecule has 1 rings (SSSR count). The molecule has 0 spiro atoms. The van der Waals surface area contributed by atoms with Gasteiger partial charge >= 0.3 is 0 Å². The van der Waals surface area contributed by atoms with Crippen molar-refractivity contribution >= 4 is 11.6 Å². The molecule has 0 aliphatic rings. The molecule has 1 aromatic carbocycles. The number of carbonyl (C=O) groups is 1. The summed E-state index contributed by atoms with van der Waals surface area (Å²) in [6.07, 6.45) is 3.65. The van der Waals surface area contributed by atoms with Crippen LogP contribution in [0, 0.1) is 0 Å². The van der Waals surface area contributed by atoms with Gasteiger partial charge in [-0.1, -0.05) is 12.2 Å². The molecule has 0 bridgehead atoms. The molecule has 92 valence electrons. The van der Waals surface area contributed by atoms with Gasteiger partial charge in [0.05, 0.1) is 0 Å². The Kier molecular flexibility index (Phi) is 5.23. The number of hydrogen-bond donors (Lipinski definition) is 2. The molecule has 0 unspecified atom stereocenters. The second kappa shape index (κ2) is 6.70. The molecule has 0 radical (unpaired) electrons. The highest BCUT2D eigenvalue weighted by Crippen LogP contribution is 2.11. The lowest BCUT2D eigenvalue weighted by Crippen LogP contribution is -2.23. The van der Waals surface area contributed by atoms with Crippen molar-refractivity contribution in [2.45, 2.75) is 0 Å². The summed E-state index contributed by atoms with van der Waals surface area (Å²) >= 11 is 0. The van der Waals surface area contributed by atoms with Crippen LogP contribution in [0.15, 0.2) is 36.4 Å². The fourth-order valence-corrected chi connectivity index (χ4v) is 1.34. The maximum absolute atomic E-state index is 11.7. The van der Waals surface area contributed by atoms with E-state index in [1.54, 1.807) is 0 Å². The second-order valence-electron chi connectivity index (χ2n) is 3.86. The van der Waals surface area contributed by atoms with Crippen LogP contribution < -0.4 is 16.0 Å². The number of amides is 1. The lowest BCUT2D eigenvalue weighted by molar-refractivity contribution is 0.0958. The Labute approximate surface area is 102 Å². The number of nitrogens with one attached hydrogen (secondary N) is 1. The van der Waals surface area contributed by atoms with Crippen LogP contribution in [0.3, 0.4) is 0 Å². The highest BCUT2D eigenvalue weighted by Gasteiger charge is 2.03. The van der Waals surface area contributed by atoms with Crippen molar-refractivity contribution < 1.29 is 4.79 Å². The largest absolute Gasteiger partial charge is 0.378 e. The Bertz CT molecular complexity index is 382. The standard InChI is InChI=1S/C13H19N3O/c1-16(2)12-7-5-11(6-8-12)13(17)15-10-4-3-9-14/h3-8H,9-10,14H2,1-2H3,(H,15,17)/b4-3+. The third kappa shape index (κ3) is 4.28. The fourth-order valence-electron chi connectivity index (χ4n) is 1.34. The third-order valence-corrected chi connectivity index (χ3v) is 2.33. The Morgan fingerprint density at radius 3 is 2.47 bits per heavy atom. The van der Waals surface area contributed by atoms with Crippen LogP contribution in [0.4, 0.5) is 5.69 Å². The number of carbonyl (C=O) groups excluding carboxylic acids is 1. The van der Waals surface area contributed by atoms with Crippen LogP contribution in [0.5, 0.6) is 0 Å². The van der Waals surface area contributed by atoms with Gasteiger partial charge in [0.1, 0.15) is 0 Å². The molecule has 0 fully saturated rings. The summed E-state index contributed by atoms with van der Waals surface area (Å²) in [6.45, 7) is 0.999. The molecular weight excluding hydrogens is 214 g/mol. The first-order valence-electron chi connectivity index (χ1n) is 5.56. The highest BCUT2D eigenvalue weighted by molar-refractivity contribution is 5.94. The molecule has 1 amide bonds. The molecule has 1 aromatic rings. The van der Waals surface area contributed by atoms with Crippen LogP contribution >= 0.6 is 0 Å². The van der Waals surface area contributed by atoms with Gasteiger partial charge in [-0.3, -0.25) is 4.79 Å². The highest BCUT2D eigenvalue weighted by atomic mass is 16.1. The quantitative estimate of drug-likeness (QED) is 0.746. The Morgan fingerprint density at radius 2 is 1.94 bits per heavy atom. The van der Waals surface area contributed by atoms with Gasteiger partial charge in [-0.2, -0.15) is 0 Å². The maximum Gasteiger partial charge on any atom is 0.251 e. The summed E-state index contributed by atoms with van der Waals surface area (Å²) in [5, 5.41) is 2.79. The SMILES string of the molecule is CN(C)c1ccc(C(=O)NC/C=C/CN)cc1. The zero-order valence-electron chi connectivity index (χ0n) is 10.3. The lowest BCUT2D eigenvalue weighted by Gasteiger charge is -2.12. The molecule has 17 heavy (non-hydrogen) atoms.